The summed E-state index contributed by atoms with van der Waals surface area (Å²) in [6.45, 7) is 1.83. The number of halogens is 1. The van der Waals surface area contributed by atoms with Gasteiger partial charge >= 0.3 is 0 Å². The lowest BCUT2D eigenvalue weighted by Crippen LogP contribution is -2.35. The summed E-state index contributed by atoms with van der Waals surface area (Å²) in [4.78, 5) is 24.0. The summed E-state index contributed by atoms with van der Waals surface area (Å²) in [5.41, 5.74) is 7.15. The van der Waals surface area contributed by atoms with Crippen molar-refractivity contribution in [2.75, 3.05) is 12.4 Å². The van der Waals surface area contributed by atoms with Crippen LogP contribution in [0.4, 0.5) is 5.69 Å². The van der Waals surface area contributed by atoms with Gasteiger partial charge in [-0.25, -0.2) is 0 Å². The van der Waals surface area contributed by atoms with E-state index in [4.69, 9.17) is 22.7 Å². The van der Waals surface area contributed by atoms with Gasteiger partial charge in [0.15, 0.2) is 5.11 Å². The Morgan fingerprint density at radius 3 is 2.52 bits per heavy atom. The Morgan fingerprint density at radius 1 is 1.20 bits per heavy atom. The molecule has 4 N–H and O–H groups in total. The van der Waals surface area contributed by atoms with Crippen LogP contribution in [0.1, 0.15) is 26.3 Å². The molecule has 0 radical (unpaired) electrons. The second-order valence-corrected chi connectivity index (χ2v) is 6.45. The fourth-order valence-corrected chi connectivity index (χ4v) is 3.08. The molecular formula is C17H16BrN3O3S. The van der Waals surface area contributed by atoms with Crippen LogP contribution < -0.4 is 21.1 Å². The Balaban J connectivity index is 2.20. The highest BCUT2D eigenvalue weighted by Gasteiger charge is 2.17. The van der Waals surface area contributed by atoms with Crippen molar-refractivity contribution in [2.24, 2.45) is 5.73 Å². The standard InChI is InChI=1S/C17H16BrN3O3S/c1-9-7-10(18)8-12(14(9)24-2)16(23)21-17(25)20-13-6-4-3-5-11(13)15(19)22/h3-8H,1-2H3,(H2,19,22)(H2,20,21,23,25). The van der Waals surface area contributed by atoms with Crippen LogP contribution in [0, 0.1) is 6.92 Å². The lowest BCUT2D eigenvalue weighted by atomic mass is 10.1. The largest absolute Gasteiger partial charge is 0.496 e. The van der Waals surface area contributed by atoms with Crippen molar-refractivity contribution >= 4 is 50.8 Å². The predicted octanol–water partition coefficient (Wildman–Crippen LogP) is 2.99. The van der Waals surface area contributed by atoms with Crippen molar-refractivity contribution < 1.29 is 14.3 Å². The lowest BCUT2D eigenvalue weighted by Gasteiger charge is -2.14. The van der Waals surface area contributed by atoms with Gasteiger partial charge in [-0.3, -0.25) is 14.9 Å². The van der Waals surface area contributed by atoms with Crippen molar-refractivity contribution in [1.29, 1.82) is 0 Å². The van der Waals surface area contributed by atoms with Crippen LogP contribution in [0.25, 0.3) is 0 Å². The van der Waals surface area contributed by atoms with E-state index in [0.717, 1.165) is 10.0 Å². The molecule has 0 aromatic heterocycles. The molecule has 0 saturated carbocycles. The molecule has 2 aromatic rings. The number of rotatable bonds is 4. The van der Waals surface area contributed by atoms with Gasteiger partial charge in [0.25, 0.3) is 11.8 Å². The van der Waals surface area contributed by atoms with Crippen molar-refractivity contribution in [3.63, 3.8) is 0 Å². The summed E-state index contributed by atoms with van der Waals surface area (Å²) in [7, 11) is 1.49. The summed E-state index contributed by atoms with van der Waals surface area (Å²) in [5, 5.41) is 5.41. The first kappa shape index (κ1) is 18.9. The molecule has 2 aromatic carbocycles. The summed E-state index contributed by atoms with van der Waals surface area (Å²) in [6, 6.07) is 10.1. The van der Waals surface area contributed by atoms with Crippen LogP contribution in [0.5, 0.6) is 5.75 Å². The maximum atomic E-state index is 12.5. The van der Waals surface area contributed by atoms with E-state index in [-0.39, 0.29) is 10.7 Å². The number of thiocarbonyl (C=S) groups is 1. The normalized spacial score (nSPS) is 10.0. The first-order chi connectivity index (χ1) is 11.8. The molecule has 0 fully saturated rings. The zero-order valence-electron chi connectivity index (χ0n) is 13.6. The van der Waals surface area contributed by atoms with Crippen LogP contribution in [0.3, 0.4) is 0 Å². The maximum absolute atomic E-state index is 12.5. The molecule has 0 saturated heterocycles. The zero-order valence-corrected chi connectivity index (χ0v) is 16.0. The van der Waals surface area contributed by atoms with E-state index in [0.29, 0.717) is 17.0 Å². The minimum atomic E-state index is -0.596. The van der Waals surface area contributed by atoms with E-state index in [2.05, 4.69) is 26.6 Å². The van der Waals surface area contributed by atoms with Gasteiger partial charge in [0, 0.05) is 4.47 Å². The van der Waals surface area contributed by atoms with E-state index >= 15 is 0 Å². The van der Waals surface area contributed by atoms with Gasteiger partial charge in [-0.1, -0.05) is 28.1 Å². The van der Waals surface area contributed by atoms with Gasteiger partial charge in [-0.15, -0.1) is 0 Å². The number of nitrogens with one attached hydrogen (secondary N) is 2. The number of benzene rings is 2. The number of hydrogen-bond donors (Lipinski definition) is 3. The summed E-state index contributed by atoms with van der Waals surface area (Å²) < 4.78 is 6.04. The fourth-order valence-electron chi connectivity index (χ4n) is 2.30. The number of nitrogens with two attached hydrogens (primary N) is 1. The average Bonchev–Trinajstić information content (AvgIpc) is 2.54. The molecule has 6 nitrogen and oxygen atoms in total. The summed E-state index contributed by atoms with van der Waals surface area (Å²) >= 11 is 8.51. The van der Waals surface area contributed by atoms with Crippen molar-refractivity contribution in [3.05, 3.63) is 57.6 Å². The molecule has 0 unspecified atom stereocenters. The zero-order chi connectivity index (χ0) is 18.6. The lowest BCUT2D eigenvalue weighted by molar-refractivity contribution is 0.0972. The molecule has 25 heavy (non-hydrogen) atoms. The molecule has 0 aliphatic carbocycles. The van der Waals surface area contributed by atoms with Crippen LogP contribution >= 0.6 is 28.1 Å². The first-order valence-electron chi connectivity index (χ1n) is 7.18. The molecule has 8 heteroatoms. The predicted molar refractivity (Wildman–Crippen MR) is 104 cm³/mol. The second-order valence-electron chi connectivity index (χ2n) is 5.12. The number of primary amides is 1. The number of aryl methyl sites for hydroxylation is 1. The summed E-state index contributed by atoms with van der Waals surface area (Å²) in [5.74, 6) is -0.571. The third-order valence-corrected chi connectivity index (χ3v) is 4.02. The highest BCUT2D eigenvalue weighted by Crippen LogP contribution is 2.27. The number of carbonyl (C=O) groups excluding carboxylic acids is 2. The van der Waals surface area contributed by atoms with Gasteiger partial charge in [0.1, 0.15) is 5.75 Å². The Bertz CT molecular complexity index is 855. The Morgan fingerprint density at radius 2 is 1.88 bits per heavy atom. The summed E-state index contributed by atoms with van der Waals surface area (Å²) in [6.07, 6.45) is 0. The van der Waals surface area contributed by atoms with E-state index < -0.39 is 11.8 Å². The van der Waals surface area contributed by atoms with Crippen LogP contribution in [-0.4, -0.2) is 24.0 Å². The van der Waals surface area contributed by atoms with E-state index in [1.54, 1.807) is 30.3 Å². The van der Waals surface area contributed by atoms with Gasteiger partial charge in [0.05, 0.1) is 23.9 Å². The van der Waals surface area contributed by atoms with Gasteiger partial charge in [0.2, 0.25) is 0 Å². The molecule has 2 amide bonds. The fraction of sp³-hybridized carbons (Fsp3) is 0.118. The highest BCUT2D eigenvalue weighted by atomic mass is 79.9. The molecule has 0 aliphatic heterocycles. The van der Waals surface area contributed by atoms with Crippen LogP contribution in [-0.2, 0) is 0 Å². The topological polar surface area (TPSA) is 93.4 Å². The molecule has 2 rings (SSSR count). The number of hydrogen-bond acceptors (Lipinski definition) is 4. The first-order valence-corrected chi connectivity index (χ1v) is 8.39. The minimum absolute atomic E-state index is 0.0402. The maximum Gasteiger partial charge on any atom is 0.261 e. The third-order valence-electron chi connectivity index (χ3n) is 3.36. The Hall–Kier alpha value is -2.45. The third kappa shape index (κ3) is 4.55. The molecule has 0 bridgehead atoms. The molecular weight excluding hydrogens is 406 g/mol. The van der Waals surface area contributed by atoms with Crippen molar-refractivity contribution in [2.45, 2.75) is 6.92 Å². The molecule has 130 valence electrons. The molecule has 0 aliphatic rings. The Kier molecular flexibility index (Phi) is 6.11. The minimum Gasteiger partial charge on any atom is -0.496 e. The van der Waals surface area contributed by atoms with Gasteiger partial charge in [-0.2, -0.15) is 0 Å². The van der Waals surface area contributed by atoms with Gasteiger partial charge in [-0.05, 0) is 49.0 Å². The smallest absolute Gasteiger partial charge is 0.261 e. The van der Waals surface area contributed by atoms with Crippen LogP contribution in [0.2, 0.25) is 0 Å². The highest BCUT2D eigenvalue weighted by molar-refractivity contribution is 9.10. The number of anilines is 1. The molecule has 0 spiro atoms. The molecule has 0 atom stereocenters. The number of para-hydroxylation sites is 1. The SMILES string of the molecule is COc1c(C)cc(Br)cc1C(=O)NC(=S)Nc1ccccc1C(N)=O. The number of ether oxygens (including phenoxy) is 1. The number of methoxy groups -OCH3 is 1. The van der Waals surface area contributed by atoms with E-state index in [1.807, 2.05) is 13.0 Å². The quantitative estimate of drug-likeness (QED) is 0.659. The average molecular weight is 422 g/mol. The van der Waals surface area contributed by atoms with Gasteiger partial charge < -0.3 is 15.8 Å². The van der Waals surface area contributed by atoms with E-state index in [1.165, 1.54) is 7.11 Å². The van der Waals surface area contributed by atoms with E-state index in [9.17, 15) is 9.59 Å². The monoisotopic (exact) mass is 421 g/mol. The number of carbonyl (C=O) groups is 2. The van der Waals surface area contributed by atoms with Crippen LogP contribution in [0.15, 0.2) is 40.9 Å². The van der Waals surface area contributed by atoms with Crippen molar-refractivity contribution in [3.8, 4) is 5.75 Å². The molecule has 0 heterocycles. The van der Waals surface area contributed by atoms with Crippen molar-refractivity contribution in [1.82, 2.24) is 5.32 Å². The second kappa shape index (κ2) is 8.09. The number of amides is 2. The Labute approximate surface area is 158 Å².